The van der Waals surface area contributed by atoms with Crippen molar-refractivity contribution >= 4 is 35.2 Å². The van der Waals surface area contributed by atoms with E-state index in [4.69, 9.17) is 27.9 Å². The summed E-state index contributed by atoms with van der Waals surface area (Å²) in [4.78, 5) is 24.7. The lowest BCUT2D eigenvalue weighted by atomic mass is 9.90. The van der Waals surface area contributed by atoms with Gasteiger partial charge in [0.15, 0.2) is 0 Å². The first-order valence-electron chi connectivity index (χ1n) is 8.86. The molecule has 26 heavy (non-hydrogen) atoms. The highest BCUT2D eigenvalue weighted by Crippen LogP contribution is 2.32. The van der Waals surface area contributed by atoms with Crippen LogP contribution in [0.1, 0.15) is 50.6 Å². The highest BCUT2D eigenvalue weighted by atomic mass is 35.5. The summed E-state index contributed by atoms with van der Waals surface area (Å²) in [5.41, 5.74) is 1.55. The largest absolute Gasteiger partial charge is 0.462 e. The second-order valence-electron chi connectivity index (χ2n) is 6.85. The molecule has 5 nitrogen and oxygen atoms in total. The van der Waals surface area contributed by atoms with Crippen LogP contribution in [-0.4, -0.2) is 18.6 Å². The van der Waals surface area contributed by atoms with Gasteiger partial charge in [-0.1, -0.05) is 48.5 Å². The second-order valence-corrected chi connectivity index (χ2v) is 7.66. The van der Waals surface area contributed by atoms with E-state index in [9.17, 15) is 9.59 Å². The molecule has 1 fully saturated rings. The Bertz CT molecular complexity index is 742. The van der Waals surface area contributed by atoms with Crippen molar-refractivity contribution in [3.05, 3.63) is 45.1 Å². The molecule has 1 saturated carbocycles. The number of ether oxygens (including phenoxy) is 1. The standard InChI is InChI=1S/C19H22Cl2N2O3/c1-11-16(18(24)26-10-12-5-3-2-4-6-12)17(23-19(25)22-11)13-7-8-14(20)15(21)9-13/h7-9,12,17H,2-6,10H2,1H3,(H2,22,23,25)/t17-/m0/s1. The van der Waals surface area contributed by atoms with E-state index < -0.39 is 12.0 Å². The van der Waals surface area contributed by atoms with Crippen LogP contribution in [0.4, 0.5) is 4.79 Å². The van der Waals surface area contributed by atoms with E-state index in [1.807, 2.05) is 0 Å². The number of carbonyl (C=O) groups excluding carboxylic acids is 2. The third kappa shape index (κ3) is 4.33. The van der Waals surface area contributed by atoms with Gasteiger partial charge in [0, 0.05) is 5.70 Å². The van der Waals surface area contributed by atoms with Crippen molar-refractivity contribution in [1.82, 2.24) is 10.6 Å². The van der Waals surface area contributed by atoms with Gasteiger partial charge in [-0.2, -0.15) is 0 Å². The van der Waals surface area contributed by atoms with E-state index in [0.29, 0.717) is 39.4 Å². The molecule has 0 aromatic heterocycles. The van der Waals surface area contributed by atoms with Crippen LogP contribution in [-0.2, 0) is 9.53 Å². The number of halogens is 2. The molecule has 3 rings (SSSR count). The molecule has 1 aliphatic heterocycles. The molecule has 0 unspecified atom stereocenters. The van der Waals surface area contributed by atoms with Crippen molar-refractivity contribution in [2.24, 2.45) is 5.92 Å². The Hall–Kier alpha value is -1.72. The third-order valence-corrected chi connectivity index (χ3v) is 5.68. The average molecular weight is 397 g/mol. The van der Waals surface area contributed by atoms with Gasteiger partial charge in [-0.3, -0.25) is 0 Å². The summed E-state index contributed by atoms with van der Waals surface area (Å²) in [7, 11) is 0. The highest BCUT2D eigenvalue weighted by molar-refractivity contribution is 6.42. The molecule has 1 heterocycles. The molecule has 1 atom stereocenters. The van der Waals surface area contributed by atoms with E-state index >= 15 is 0 Å². The number of benzene rings is 1. The van der Waals surface area contributed by atoms with E-state index in [1.54, 1.807) is 25.1 Å². The zero-order valence-electron chi connectivity index (χ0n) is 14.6. The first kappa shape index (κ1) is 19.1. The van der Waals surface area contributed by atoms with Crippen molar-refractivity contribution in [1.29, 1.82) is 0 Å². The first-order chi connectivity index (χ1) is 12.5. The van der Waals surface area contributed by atoms with Crippen molar-refractivity contribution in [3.8, 4) is 0 Å². The molecular weight excluding hydrogens is 375 g/mol. The van der Waals surface area contributed by atoms with Crippen LogP contribution in [0.15, 0.2) is 29.5 Å². The van der Waals surface area contributed by atoms with Crippen molar-refractivity contribution in [2.45, 2.75) is 45.1 Å². The van der Waals surface area contributed by atoms with Crippen molar-refractivity contribution in [3.63, 3.8) is 0 Å². The third-order valence-electron chi connectivity index (χ3n) is 4.94. The van der Waals surface area contributed by atoms with Crippen molar-refractivity contribution in [2.75, 3.05) is 6.61 Å². The van der Waals surface area contributed by atoms with Crippen LogP contribution in [0.5, 0.6) is 0 Å². The van der Waals surface area contributed by atoms with Gasteiger partial charge in [0.2, 0.25) is 0 Å². The quantitative estimate of drug-likeness (QED) is 0.721. The number of rotatable bonds is 4. The summed E-state index contributed by atoms with van der Waals surface area (Å²) in [5, 5.41) is 6.19. The minimum atomic E-state index is -0.627. The van der Waals surface area contributed by atoms with E-state index in [1.165, 1.54) is 19.3 Å². The molecule has 1 aliphatic carbocycles. The molecule has 0 saturated heterocycles. The number of amides is 2. The van der Waals surface area contributed by atoms with Gasteiger partial charge in [-0.25, -0.2) is 9.59 Å². The van der Waals surface area contributed by atoms with E-state index in [2.05, 4.69) is 10.6 Å². The topological polar surface area (TPSA) is 67.4 Å². The Labute approximate surface area is 163 Å². The fourth-order valence-electron chi connectivity index (χ4n) is 3.53. The van der Waals surface area contributed by atoms with Gasteiger partial charge in [-0.15, -0.1) is 0 Å². The SMILES string of the molecule is CC1=C(C(=O)OCC2CCCCC2)[C@H](c2ccc(Cl)c(Cl)c2)NC(=O)N1. The zero-order valence-corrected chi connectivity index (χ0v) is 16.1. The van der Waals surface area contributed by atoms with Gasteiger partial charge in [0.1, 0.15) is 0 Å². The molecule has 1 aromatic rings. The summed E-state index contributed by atoms with van der Waals surface area (Å²) in [6.07, 6.45) is 5.82. The Balaban J connectivity index is 1.80. The number of hydrogen-bond donors (Lipinski definition) is 2. The first-order valence-corrected chi connectivity index (χ1v) is 9.61. The van der Waals surface area contributed by atoms with Crippen LogP contribution in [0.3, 0.4) is 0 Å². The monoisotopic (exact) mass is 396 g/mol. The Morgan fingerprint density at radius 1 is 1.19 bits per heavy atom. The van der Waals surface area contributed by atoms with Crippen LogP contribution in [0.25, 0.3) is 0 Å². The van der Waals surface area contributed by atoms with E-state index in [0.717, 1.165) is 12.8 Å². The fourth-order valence-corrected chi connectivity index (χ4v) is 3.84. The summed E-state index contributed by atoms with van der Waals surface area (Å²) in [5.74, 6) is -0.000167. The number of esters is 1. The lowest BCUT2D eigenvalue weighted by Gasteiger charge is -2.29. The minimum Gasteiger partial charge on any atom is -0.462 e. The summed E-state index contributed by atoms with van der Waals surface area (Å²) in [6, 6.07) is 4.04. The normalized spacial score (nSPS) is 21.2. The fraction of sp³-hybridized carbons (Fsp3) is 0.474. The van der Waals surface area contributed by atoms with Crippen LogP contribution < -0.4 is 10.6 Å². The summed E-state index contributed by atoms with van der Waals surface area (Å²) >= 11 is 12.1. The molecule has 0 bridgehead atoms. The molecule has 2 aliphatic rings. The maximum absolute atomic E-state index is 12.8. The second kappa shape index (κ2) is 8.31. The van der Waals surface area contributed by atoms with Gasteiger partial charge < -0.3 is 15.4 Å². The summed E-state index contributed by atoms with van der Waals surface area (Å²) in [6.45, 7) is 2.11. The summed E-state index contributed by atoms with van der Waals surface area (Å²) < 4.78 is 5.59. The maximum Gasteiger partial charge on any atom is 0.338 e. The predicted molar refractivity (Wildman–Crippen MR) is 101 cm³/mol. The van der Waals surface area contributed by atoms with Crippen molar-refractivity contribution < 1.29 is 14.3 Å². The Kier molecular flexibility index (Phi) is 6.09. The Morgan fingerprint density at radius 3 is 2.62 bits per heavy atom. The molecule has 140 valence electrons. The number of carbonyl (C=O) groups is 2. The van der Waals surface area contributed by atoms with Crippen LogP contribution >= 0.6 is 23.2 Å². The Morgan fingerprint density at radius 2 is 1.92 bits per heavy atom. The molecular formula is C19H22Cl2N2O3. The molecule has 2 amide bonds. The molecule has 2 N–H and O–H groups in total. The van der Waals surface area contributed by atoms with Crippen LogP contribution in [0.2, 0.25) is 10.0 Å². The van der Waals surface area contributed by atoms with Crippen LogP contribution in [0, 0.1) is 5.92 Å². The number of urea groups is 1. The molecule has 0 spiro atoms. The maximum atomic E-state index is 12.8. The lowest BCUT2D eigenvalue weighted by Crippen LogP contribution is -2.45. The van der Waals surface area contributed by atoms with Gasteiger partial charge in [0.05, 0.1) is 28.3 Å². The average Bonchev–Trinajstić information content (AvgIpc) is 2.62. The number of hydrogen-bond acceptors (Lipinski definition) is 3. The minimum absolute atomic E-state index is 0.365. The number of nitrogens with one attached hydrogen (secondary N) is 2. The highest BCUT2D eigenvalue weighted by Gasteiger charge is 2.33. The van der Waals surface area contributed by atoms with Gasteiger partial charge >= 0.3 is 12.0 Å². The van der Waals surface area contributed by atoms with Gasteiger partial charge in [-0.05, 0) is 43.4 Å². The zero-order chi connectivity index (χ0) is 18.7. The predicted octanol–water partition coefficient (Wildman–Crippen LogP) is 4.74. The smallest absolute Gasteiger partial charge is 0.338 e. The van der Waals surface area contributed by atoms with E-state index in [-0.39, 0.29) is 6.03 Å². The lowest BCUT2D eigenvalue weighted by molar-refractivity contribution is -0.141. The number of allylic oxidation sites excluding steroid dienone is 1. The van der Waals surface area contributed by atoms with Gasteiger partial charge in [0.25, 0.3) is 0 Å². The molecule has 7 heteroatoms. The molecule has 1 aromatic carbocycles. The molecule has 0 radical (unpaired) electrons.